The molecule has 0 fully saturated rings. The number of benzene rings is 2. The Morgan fingerprint density at radius 3 is 2.53 bits per heavy atom. The molecule has 0 spiro atoms. The lowest BCUT2D eigenvalue weighted by Gasteiger charge is -2.16. The summed E-state index contributed by atoms with van der Waals surface area (Å²) in [6.45, 7) is 8.66. The number of nitrogens with zero attached hydrogens (tertiary/aromatic N) is 2. The van der Waals surface area contributed by atoms with E-state index < -0.39 is 0 Å². The van der Waals surface area contributed by atoms with Crippen molar-refractivity contribution in [1.82, 2.24) is 15.5 Å². The van der Waals surface area contributed by atoms with Gasteiger partial charge in [-0.3, -0.25) is 4.99 Å². The standard InChI is InChI=1S/C25H38N4O3/c1-6-30-14-15-32-24-16-20(2)10-11-22(24)19-28-25(26-3)27-18-21-8-7-9-23(17-21)31-13-12-29(4)5/h7-11,16-17H,6,12-15,18-19H2,1-5H3,(H2,26,27,28). The molecule has 0 saturated heterocycles. The van der Waals surface area contributed by atoms with E-state index in [1.807, 2.05) is 33.2 Å². The quantitative estimate of drug-likeness (QED) is 0.282. The van der Waals surface area contributed by atoms with E-state index in [1.54, 1.807) is 7.05 Å². The van der Waals surface area contributed by atoms with E-state index in [1.165, 1.54) is 0 Å². The van der Waals surface area contributed by atoms with E-state index in [4.69, 9.17) is 14.2 Å². The number of hydrogen-bond acceptors (Lipinski definition) is 5. The van der Waals surface area contributed by atoms with Crippen molar-refractivity contribution in [3.8, 4) is 11.5 Å². The molecule has 0 aliphatic rings. The zero-order valence-corrected chi connectivity index (χ0v) is 20.1. The minimum absolute atomic E-state index is 0.532. The molecule has 0 heterocycles. The number of aliphatic imine (C=N–C) groups is 1. The van der Waals surface area contributed by atoms with Crippen LogP contribution in [-0.4, -0.2) is 65.0 Å². The van der Waals surface area contributed by atoms with E-state index in [0.717, 1.165) is 40.7 Å². The van der Waals surface area contributed by atoms with Crippen molar-refractivity contribution in [1.29, 1.82) is 0 Å². The first-order valence-corrected chi connectivity index (χ1v) is 11.1. The minimum Gasteiger partial charge on any atom is -0.492 e. The van der Waals surface area contributed by atoms with Crippen molar-refractivity contribution in [3.63, 3.8) is 0 Å². The molecule has 0 radical (unpaired) electrons. The van der Waals surface area contributed by atoms with Gasteiger partial charge in [0.05, 0.1) is 6.61 Å². The van der Waals surface area contributed by atoms with Gasteiger partial charge in [0.15, 0.2) is 5.96 Å². The monoisotopic (exact) mass is 442 g/mol. The van der Waals surface area contributed by atoms with Gasteiger partial charge in [-0.2, -0.15) is 0 Å². The summed E-state index contributed by atoms with van der Waals surface area (Å²) in [6, 6.07) is 14.3. The average molecular weight is 443 g/mol. The summed E-state index contributed by atoms with van der Waals surface area (Å²) in [4.78, 5) is 6.44. The molecular weight excluding hydrogens is 404 g/mol. The Bertz CT molecular complexity index is 840. The molecule has 2 aromatic carbocycles. The molecule has 2 aromatic rings. The molecule has 0 aliphatic heterocycles. The Morgan fingerprint density at radius 2 is 1.78 bits per heavy atom. The third kappa shape index (κ3) is 9.58. The van der Waals surface area contributed by atoms with Gasteiger partial charge in [-0.1, -0.05) is 24.3 Å². The maximum atomic E-state index is 5.93. The molecule has 0 aliphatic carbocycles. The van der Waals surface area contributed by atoms with Crippen molar-refractivity contribution < 1.29 is 14.2 Å². The maximum absolute atomic E-state index is 5.93. The second-order valence-corrected chi connectivity index (χ2v) is 7.74. The highest BCUT2D eigenvalue weighted by molar-refractivity contribution is 5.79. The summed E-state index contributed by atoms with van der Waals surface area (Å²) in [6.07, 6.45) is 0. The molecule has 0 amide bonds. The fraction of sp³-hybridized carbons (Fsp3) is 0.480. The predicted octanol–water partition coefficient (Wildman–Crippen LogP) is 3.22. The van der Waals surface area contributed by atoms with Gasteiger partial charge in [-0.05, 0) is 57.3 Å². The first-order valence-electron chi connectivity index (χ1n) is 11.1. The molecule has 7 nitrogen and oxygen atoms in total. The second-order valence-electron chi connectivity index (χ2n) is 7.74. The normalized spacial score (nSPS) is 11.5. The number of ether oxygens (including phenoxy) is 3. The van der Waals surface area contributed by atoms with Crippen LogP contribution in [0.3, 0.4) is 0 Å². The Morgan fingerprint density at radius 1 is 0.969 bits per heavy atom. The smallest absolute Gasteiger partial charge is 0.191 e. The van der Waals surface area contributed by atoms with Crippen molar-refractivity contribution >= 4 is 5.96 Å². The first-order chi connectivity index (χ1) is 15.5. The lowest BCUT2D eigenvalue weighted by Crippen LogP contribution is -2.36. The summed E-state index contributed by atoms with van der Waals surface area (Å²) in [5, 5.41) is 6.73. The molecule has 32 heavy (non-hydrogen) atoms. The van der Waals surface area contributed by atoms with Gasteiger partial charge in [0, 0.05) is 38.9 Å². The number of guanidine groups is 1. The Balaban J connectivity index is 1.87. The van der Waals surface area contributed by atoms with Crippen LogP contribution in [0.1, 0.15) is 23.6 Å². The summed E-state index contributed by atoms with van der Waals surface area (Å²) < 4.78 is 17.1. The van der Waals surface area contributed by atoms with Crippen LogP contribution in [0.2, 0.25) is 0 Å². The molecule has 0 saturated carbocycles. The van der Waals surface area contributed by atoms with Crippen LogP contribution in [0, 0.1) is 6.92 Å². The zero-order valence-electron chi connectivity index (χ0n) is 20.1. The van der Waals surface area contributed by atoms with E-state index in [-0.39, 0.29) is 0 Å². The molecule has 0 atom stereocenters. The lowest BCUT2D eigenvalue weighted by molar-refractivity contribution is 0.110. The zero-order chi connectivity index (χ0) is 23.2. The van der Waals surface area contributed by atoms with Crippen molar-refractivity contribution in [2.45, 2.75) is 26.9 Å². The number of rotatable bonds is 13. The molecule has 0 aromatic heterocycles. The summed E-state index contributed by atoms with van der Waals surface area (Å²) >= 11 is 0. The molecule has 7 heteroatoms. The van der Waals surface area contributed by atoms with E-state index >= 15 is 0 Å². The van der Waals surface area contributed by atoms with Crippen LogP contribution < -0.4 is 20.1 Å². The van der Waals surface area contributed by atoms with Crippen LogP contribution >= 0.6 is 0 Å². The number of likely N-dealkylation sites (N-methyl/N-ethyl adjacent to an activating group) is 1. The Kier molecular flexibility index (Phi) is 11.4. The Labute approximate surface area is 192 Å². The van der Waals surface area contributed by atoms with E-state index in [2.05, 4.69) is 57.8 Å². The van der Waals surface area contributed by atoms with Crippen LogP contribution in [0.15, 0.2) is 47.5 Å². The molecule has 2 rings (SSSR count). The number of nitrogens with one attached hydrogen (secondary N) is 2. The van der Waals surface area contributed by atoms with Gasteiger partial charge in [0.2, 0.25) is 0 Å². The van der Waals surface area contributed by atoms with E-state index in [0.29, 0.717) is 39.5 Å². The van der Waals surface area contributed by atoms with Crippen LogP contribution in [0.4, 0.5) is 0 Å². The van der Waals surface area contributed by atoms with Crippen molar-refractivity contribution in [2.24, 2.45) is 4.99 Å². The molecular formula is C25H38N4O3. The van der Waals surface area contributed by atoms with Gasteiger partial charge >= 0.3 is 0 Å². The van der Waals surface area contributed by atoms with Gasteiger partial charge in [-0.15, -0.1) is 0 Å². The van der Waals surface area contributed by atoms with Crippen LogP contribution in [0.5, 0.6) is 11.5 Å². The lowest BCUT2D eigenvalue weighted by atomic mass is 10.1. The van der Waals surface area contributed by atoms with Crippen LogP contribution in [0.25, 0.3) is 0 Å². The maximum Gasteiger partial charge on any atom is 0.191 e. The highest BCUT2D eigenvalue weighted by atomic mass is 16.5. The molecule has 0 bridgehead atoms. The SMILES string of the molecule is CCOCCOc1cc(C)ccc1CNC(=NC)NCc1cccc(OCCN(C)C)c1. The summed E-state index contributed by atoms with van der Waals surface area (Å²) in [5.74, 6) is 2.47. The fourth-order valence-corrected chi connectivity index (χ4v) is 2.97. The average Bonchev–Trinajstić information content (AvgIpc) is 2.78. The van der Waals surface area contributed by atoms with Crippen molar-refractivity contribution in [2.75, 3.05) is 54.1 Å². The largest absolute Gasteiger partial charge is 0.492 e. The number of hydrogen-bond donors (Lipinski definition) is 2. The third-order valence-electron chi connectivity index (χ3n) is 4.75. The molecule has 2 N–H and O–H groups in total. The predicted molar refractivity (Wildman–Crippen MR) is 131 cm³/mol. The highest BCUT2D eigenvalue weighted by Crippen LogP contribution is 2.20. The summed E-state index contributed by atoms with van der Waals surface area (Å²) in [7, 11) is 5.84. The van der Waals surface area contributed by atoms with Gasteiger partial charge < -0.3 is 29.7 Å². The van der Waals surface area contributed by atoms with Gasteiger partial charge in [0.1, 0.15) is 24.7 Å². The van der Waals surface area contributed by atoms with Gasteiger partial charge in [0.25, 0.3) is 0 Å². The second kappa shape index (κ2) is 14.3. The fourth-order valence-electron chi connectivity index (χ4n) is 2.97. The highest BCUT2D eigenvalue weighted by Gasteiger charge is 2.07. The van der Waals surface area contributed by atoms with E-state index in [9.17, 15) is 0 Å². The molecule has 0 unspecified atom stereocenters. The molecule has 176 valence electrons. The minimum atomic E-state index is 0.532. The van der Waals surface area contributed by atoms with Crippen LogP contribution in [-0.2, 0) is 17.8 Å². The first kappa shape index (κ1) is 25.5. The Hall–Kier alpha value is -2.77. The van der Waals surface area contributed by atoms with Gasteiger partial charge in [-0.25, -0.2) is 0 Å². The van der Waals surface area contributed by atoms with Crippen molar-refractivity contribution in [3.05, 3.63) is 59.2 Å². The number of aryl methyl sites for hydroxylation is 1. The summed E-state index contributed by atoms with van der Waals surface area (Å²) in [5.41, 5.74) is 3.37. The topological polar surface area (TPSA) is 67.3 Å². The third-order valence-corrected chi connectivity index (χ3v) is 4.75.